The molecule has 0 spiro atoms. The van der Waals surface area contributed by atoms with E-state index in [9.17, 15) is 4.79 Å². The molecule has 2 aromatic carbocycles. The van der Waals surface area contributed by atoms with E-state index >= 15 is 0 Å². The normalized spacial score (nSPS) is 9.68. The second kappa shape index (κ2) is 5.83. The lowest BCUT2D eigenvalue weighted by Crippen LogP contribution is -1.91. The second-order valence-corrected chi connectivity index (χ2v) is 4.11. The monoisotopic (exact) mass is 251 g/mol. The number of nitrogens with zero attached hydrogens (tertiary/aromatic N) is 1. The Morgan fingerprint density at radius 1 is 1.26 bits per heavy atom. The molecule has 3 nitrogen and oxygen atoms in total. The van der Waals surface area contributed by atoms with Crippen LogP contribution < -0.4 is 4.74 Å². The highest BCUT2D eigenvalue weighted by molar-refractivity contribution is 5.81. The van der Waals surface area contributed by atoms with E-state index in [2.05, 4.69) is 6.07 Å². The van der Waals surface area contributed by atoms with Gasteiger partial charge in [0.1, 0.15) is 12.0 Å². The first-order valence-corrected chi connectivity index (χ1v) is 5.88. The summed E-state index contributed by atoms with van der Waals surface area (Å²) in [6, 6.07) is 15.1. The first-order chi connectivity index (χ1) is 9.28. The van der Waals surface area contributed by atoms with Crippen LogP contribution in [-0.2, 0) is 6.42 Å². The zero-order valence-corrected chi connectivity index (χ0v) is 10.6. The lowest BCUT2D eigenvalue weighted by atomic mass is 9.99. The van der Waals surface area contributed by atoms with Crippen LogP contribution in [0.3, 0.4) is 0 Å². The van der Waals surface area contributed by atoms with Gasteiger partial charge in [-0.2, -0.15) is 5.26 Å². The fourth-order valence-electron chi connectivity index (χ4n) is 1.96. The van der Waals surface area contributed by atoms with E-state index < -0.39 is 0 Å². The van der Waals surface area contributed by atoms with Gasteiger partial charge in [-0.1, -0.05) is 18.2 Å². The van der Waals surface area contributed by atoms with Gasteiger partial charge in [-0.15, -0.1) is 0 Å². The molecule has 0 aliphatic rings. The number of benzene rings is 2. The van der Waals surface area contributed by atoms with Crippen molar-refractivity contribution >= 4 is 6.29 Å². The number of methoxy groups -OCH3 is 1. The summed E-state index contributed by atoms with van der Waals surface area (Å²) in [7, 11) is 1.60. The molecule has 0 radical (unpaired) electrons. The van der Waals surface area contributed by atoms with Crippen molar-refractivity contribution in [1.82, 2.24) is 0 Å². The Balaban J connectivity index is 2.53. The fraction of sp³-hybridized carbons (Fsp3) is 0.125. The van der Waals surface area contributed by atoms with Crippen molar-refractivity contribution in [3.05, 3.63) is 53.6 Å². The van der Waals surface area contributed by atoms with E-state index in [1.807, 2.05) is 24.3 Å². The van der Waals surface area contributed by atoms with Crippen LogP contribution in [0.15, 0.2) is 42.5 Å². The summed E-state index contributed by atoms with van der Waals surface area (Å²) < 4.78 is 5.32. The van der Waals surface area contributed by atoms with Crippen molar-refractivity contribution in [3.8, 4) is 22.9 Å². The maximum Gasteiger partial charge on any atom is 0.150 e. The first-order valence-electron chi connectivity index (χ1n) is 5.88. The Kier molecular flexibility index (Phi) is 3.94. The lowest BCUT2D eigenvalue weighted by molar-refractivity contribution is 0.112. The zero-order valence-electron chi connectivity index (χ0n) is 10.6. The largest absolute Gasteiger partial charge is 0.496 e. The summed E-state index contributed by atoms with van der Waals surface area (Å²) in [5.41, 5.74) is 3.33. The SMILES string of the molecule is COc1ccc(C=O)cc1-c1cccc(CC#N)c1. The van der Waals surface area contributed by atoms with Gasteiger partial charge in [0.15, 0.2) is 0 Å². The van der Waals surface area contributed by atoms with Crippen molar-refractivity contribution in [2.45, 2.75) is 6.42 Å². The molecule has 0 saturated heterocycles. The molecule has 0 fully saturated rings. The maximum atomic E-state index is 10.9. The Bertz CT molecular complexity index is 641. The van der Waals surface area contributed by atoms with Gasteiger partial charge in [-0.05, 0) is 35.4 Å². The molecule has 0 amide bonds. The van der Waals surface area contributed by atoms with E-state index in [0.29, 0.717) is 17.7 Å². The van der Waals surface area contributed by atoms with E-state index in [0.717, 1.165) is 23.0 Å². The quantitative estimate of drug-likeness (QED) is 0.784. The zero-order chi connectivity index (χ0) is 13.7. The number of ether oxygens (including phenoxy) is 1. The highest BCUT2D eigenvalue weighted by atomic mass is 16.5. The van der Waals surface area contributed by atoms with E-state index in [4.69, 9.17) is 10.00 Å². The Labute approximate surface area is 112 Å². The number of rotatable bonds is 4. The molecular weight excluding hydrogens is 238 g/mol. The molecule has 0 saturated carbocycles. The molecule has 0 N–H and O–H groups in total. The summed E-state index contributed by atoms with van der Waals surface area (Å²) in [5.74, 6) is 0.708. The molecule has 0 aliphatic heterocycles. The van der Waals surface area contributed by atoms with Crippen LogP contribution in [0.2, 0.25) is 0 Å². The molecule has 3 heteroatoms. The summed E-state index contributed by atoms with van der Waals surface area (Å²) in [4.78, 5) is 10.9. The number of hydrogen-bond donors (Lipinski definition) is 0. The van der Waals surface area contributed by atoms with Crippen LogP contribution >= 0.6 is 0 Å². The molecule has 19 heavy (non-hydrogen) atoms. The van der Waals surface area contributed by atoms with E-state index in [1.165, 1.54) is 0 Å². The predicted molar refractivity (Wildman–Crippen MR) is 73.1 cm³/mol. The van der Waals surface area contributed by atoms with Crippen molar-refractivity contribution in [1.29, 1.82) is 5.26 Å². The summed E-state index contributed by atoms with van der Waals surface area (Å²) >= 11 is 0. The Morgan fingerprint density at radius 3 is 2.79 bits per heavy atom. The van der Waals surface area contributed by atoms with Gasteiger partial charge in [-0.3, -0.25) is 4.79 Å². The third-order valence-corrected chi connectivity index (χ3v) is 2.88. The van der Waals surface area contributed by atoms with Crippen LogP contribution in [0, 0.1) is 11.3 Å². The van der Waals surface area contributed by atoms with Gasteiger partial charge in [-0.25, -0.2) is 0 Å². The third-order valence-electron chi connectivity index (χ3n) is 2.88. The van der Waals surface area contributed by atoms with Crippen molar-refractivity contribution in [2.75, 3.05) is 7.11 Å². The molecule has 0 aromatic heterocycles. The fourth-order valence-corrected chi connectivity index (χ4v) is 1.96. The molecule has 0 atom stereocenters. The van der Waals surface area contributed by atoms with Crippen molar-refractivity contribution < 1.29 is 9.53 Å². The molecule has 0 bridgehead atoms. The topological polar surface area (TPSA) is 50.1 Å². The smallest absolute Gasteiger partial charge is 0.150 e. The lowest BCUT2D eigenvalue weighted by Gasteiger charge is -2.10. The molecule has 0 heterocycles. The minimum Gasteiger partial charge on any atom is -0.496 e. The molecule has 2 rings (SSSR count). The number of carbonyl (C=O) groups is 1. The summed E-state index contributed by atoms with van der Waals surface area (Å²) in [5, 5.41) is 8.74. The highest BCUT2D eigenvalue weighted by Crippen LogP contribution is 2.31. The van der Waals surface area contributed by atoms with Gasteiger partial charge in [0.25, 0.3) is 0 Å². The van der Waals surface area contributed by atoms with Crippen LogP contribution in [0.25, 0.3) is 11.1 Å². The minimum atomic E-state index is 0.365. The van der Waals surface area contributed by atoms with Gasteiger partial charge in [0.05, 0.1) is 19.6 Å². The summed E-state index contributed by atoms with van der Waals surface area (Å²) in [6.45, 7) is 0. The van der Waals surface area contributed by atoms with E-state index in [1.54, 1.807) is 25.3 Å². The number of hydrogen-bond acceptors (Lipinski definition) is 3. The van der Waals surface area contributed by atoms with Crippen LogP contribution in [0.1, 0.15) is 15.9 Å². The second-order valence-electron chi connectivity index (χ2n) is 4.11. The number of carbonyl (C=O) groups excluding carboxylic acids is 1. The average molecular weight is 251 g/mol. The average Bonchev–Trinajstić information content (AvgIpc) is 2.47. The Hall–Kier alpha value is -2.60. The standard InChI is InChI=1S/C16H13NO2/c1-19-16-6-5-13(11-18)10-15(16)14-4-2-3-12(9-14)7-8-17/h2-6,9-11H,7H2,1H3. The summed E-state index contributed by atoms with van der Waals surface area (Å²) in [6.07, 6.45) is 1.17. The molecule has 2 aromatic rings. The number of nitriles is 1. The minimum absolute atomic E-state index is 0.365. The third kappa shape index (κ3) is 2.80. The van der Waals surface area contributed by atoms with Gasteiger partial charge >= 0.3 is 0 Å². The Morgan fingerprint density at radius 2 is 2.11 bits per heavy atom. The van der Waals surface area contributed by atoms with Gasteiger partial charge in [0, 0.05) is 11.1 Å². The molecule has 0 aliphatic carbocycles. The predicted octanol–water partition coefficient (Wildman–Crippen LogP) is 3.24. The molecule has 0 unspecified atom stereocenters. The van der Waals surface area contributed by atoms with Crippen LogP contribution in [-0.4, -0.2) is 13.4 Å². The van der Waals surface area contributed by atoms with Crippen molar-refractivity contribution in [3.63, 3.8) is 0 Å². The first kappa shape index (κ1) is 12.8. The molecular formula is C16H13NO2. The number of aldehydes is 1. The molecule has 94 valence electrons. The van der Waals surface area contributed by atoms with Gasteiger partial charge in [0.2, 0.25) is 0 Å². The van der Waals surface area contributed by atoms with E-state index in [-0.39, 0.29) is 0 Å². The highest BCUT2D eigenvalue weighted by Gasteiger charge is 2.07. The van der Waals surface area contributed by atoms with Crippen molar-refractivity contribution in [2.24, 2.45) is 0 Å². The van der Waals surface area contributed by atoms with Crippen LogP contribution in [0.5, 0.6) is 5.75 Å². The van der Waals surface area contributed by atoms with Crippen LogP contribution in [0.4, 0.5) is 0 Å². The maximum absolute atomic E-state index is 10.9. The van der Waals surface area contributed by atoms with Gasteiger partial charge < -0.3 is 4.74 Å².